The summed E-state index contributed by atoms with van der Waals surface area (Å²) in [7, 11) is 0. The fraction of sp³-hybridized carbons (Fsp3) is 0.500. The molecule has 0 radical (unpaired) electrons. The van der Waals surface area contributed by atoms with E-state index in [9.17, 15) is 19.7 Å². The second-order valence-corrected chi connectivity index (χ2v) is 2.72. The lowest BCUT2D eigenvalue weighted by Gasteiger charge is -1.97. The predicted octanol–water partition coefficient (Wildman–Crippen LogP) is -1.38. The highest BCUT2D eigenvalue weighted by atomic mass is 16.6. The molecule has 0 aliphatic carbocycles. The first-order valence-electron chi connectivity index (χ1n) is 4.06. The molecular weight excluding hydrogens is 206 g/mol. The van der Waals surface area contributed by atoms with Crippen LogP contribution in [0, 0.1) is 10.1 Å². The molecule has 2 N–H and O–H groups in total. The van der Waals surface area contributed by atoms with Gasteiger partial charge >= 0.3 is 11.6 Å². The largest absolute Gasteiger partial charge is 0.457 e. The molecule has 15 heavy (non-hydrogen) atoms. The van der Waals surface area contributed by atoms with Crippen molar-refractivity contribution < 1.29 is 9.72 Å². The van der Waals surface area contributed by atoms with Gasteiger partial charge < -0.3 is 15.4 Å². The molecule has 0 aromatic carbocycles. The van der Waals surface area contributed by atoms with Gasteiger partial charge in [-0.25, -0.2) is 4.79 Å². The van der Waals surface area contributed by atoms with E-state index in [-0.39, 0.29) is 19.0 Å². The Morgan fingerprint density at radius 2 is 2.40 bits per heavy atom. The molecule has 0 aliphatic rings. The van der Waals surface area contributed by atoms with Crippen LogP contribution >= 0.6 is 0 Å². The van der Waals surface area contributed by atoms with Crippen LogP contribution in [0.3, 0.4) is 0 Å². The zero-order valence-electron chi connectivity index (χ0n) is 7.89. The maximum atomic E-state index is 11.0. The SMILES string of the molecule is CC(=O)NCCn1nc([N+](=O)[O-])[nH]c1=O. The van der Waals surface area contributed by atoms with Gasteiger partial charge in [0.05, 0.1) is 6.54 Å². The molecule has 1 rings (SSSR count). The summed E-state index contributed by atoms with van der Waals surface area (Å²) in [4.78, 5) is 33.0. The highest BCUT2D eigenvalue weighted by Crippen LogP contribution is 1.94. The van der Waals surface area contributed by atoms with E-state index in [1.165, 1.54) is 6.92 Å². The lowest BCUT2D eigenvalue weighted by atomic mass is 10.6. The molecule has 0 fully saturated rings. The molecule has 0 spiro atoms. The highest BCUT2D eigenvalue weighted by Gasteiger charge is 2.14. The Labute approximate surface area is 83.2 Å². The van der Waals surface area contributed by atoms with Crippen LogP contribution in [0.5, 0.6) is 0 Å². The molecule has 9 nitrogen and oxygen atoms in total. The maximum absolute atomic E-state index is 11.0. The van der Waals surface area contributed by atoms with Crippen LogP contribution in [0.15, 0.2) is 4.79 Å². The molecule has 82 valence electrons. The average Bonchev–Trinajstić information content (AvgIpc) is 2.47. The van der Waals surface area contributed by atoms with Crippen LogP contribution < -0.4 is 11.0 Å². The standard InChI is InChI=1S/C6H9N5O4/c1-4(12)7-2-3-10-6(13)8-5(9-10)11(14)15/h2-3H2,1H3,(H,7,12)(H,8,9,13). The van der Waals surface area contributed by atoms with Gasteiger partial charge in [-0.2, -0.15) is 4.98 Å². The first kappa shape index (κ1) is 10.9. The van der Waals surface area contributed by atoms with Crippen molar-refractivity contribution in [2.45, 2.75) is 13.5 Å². The summed E-state index contributed by atoms with van der Waals surface area (Å²) in [6.07, 6.45) is 0. The number of carbonyl (C=O) groups excluding carboxylic acids is 1. The number of aromatic amines is 1. The van der Waals surface area contributed by atoms with E-state index in [1.54, 1.807) is 0 Å². The van der Waals surface area contributed by atoms with Gasteiger partial charge in [-0.1, -0.05) is 0 Å². The van der Waals surface area contributed by atoms with Gasteiger partial charge in [0, 0.05) is 18.6 Å². The molecular formula is C6H9N5O4. The van der Waals surface area contributed by atoms with Crippen LogP contribution in [-0.4, -0.2) is 32.1 Å². The molecule has 0 atom stereocenters. The van der Waals surface area contributed by atoms with Gasteiger partial charge in [0.25, 0.3) is 0 Å². The summed E-state index contributed by atoms with van der Waals surface area (Å²) >= 11 is 0. The minimum atomic E-state index is -0.795. The van der Waals surface area contributed by atoms with Crippen LogP contribution in [0.4, 0.5) is 5.95 Å². The molecule has 1 amide bonds. The Morgan fingerprint density at radius 3 is 2.87 bits per heavy atom. The zero-order valence-corrected chi connectivity index (χ0v) is 7.89. The van der Waals surface area contributed by atoms with Crippen molar-refractivity contribution >= 4 is 11.9 Å². The van der Waals surface area contributed by atoms with Gasteiger partial charge in [0.15, 0.2) is 0 Å². The van der Waals surface area contributed by atoms with Gasteiger partial charge in [0.1, 0.15) is 0 Å². The number of nitro groups is 1. The Kier molecular flexibility index (Phi) is 3.16. The number of aromatic nitrogens is 3. The summed E-state index contributed by atoms with van der Waals surface area (Å²) in [5.74, 6) is -0.851. The van der Waals surface area contributed by atoms with E-state index in [4.69, 9.17) is 0 Å². The summed E-state index contributed by atoms with van der Waals surface area (Å²) in [5, 5.41) is 16.1. The van der Waals surface area contributed by atoms with Crippen molar-refractivity contribution in [3.05, 3.63) is 20.6 Å². The van der Waals surface area contributed by atoms with Gasteiger partial charge in [-0.3, -0.25) is 4.79 Å². The van der Waals surface area contributed by atoms with Crippen molar-refractivity contribution in [1.29, 1.82) is 0 Å². The smallest absolute Gasteiger partial charge is 0.390 e. The Bertz CT molecular complexity index is 433. The summed E-state index contributed by atoms with van der Waals surface area (Å²) < 4.78 is 0.883. The van der Waals surface area contributed by atoms with E-state index in [2.05, 4.69) is 10.4 Å². The third-order valence-corrected chi connectivity index (χ3v) is 1.54. The van der Waals surface area contributed by atoms with Crippen molar-refractivity contribution in [3.63, 3.8) is 0 Å². The minimum Gasteiger partial charge on any atom is -0.390 e. The Balaban J connectivity index is 2.65. The predicted molar refractivity (Wildman–Crippen MR) is 48.2 cm³/mol. The number of H-pyrrole nitrogens is 1. The van der Waals surface area contributed by atoms with E-state index in [0.29, 0.717) is 0 Å². The molecule has 1 aromatic rings. The topological polar surface area (TPSA) is 123 Å². The van der Waals surface area contributed by atoms with Crippen LogP contribution in [0.2, 0.25) is 0 Å². The fourth-order valence-corrected chi connectivity index (χ4v) is 0.916. The quantitative estimate of drug-likeness (QED) is 0.473. The summed E-state index contributed by atoms with van der Waals surface area (Å²) in [6.45, 7) is 1.61. The number of hydrogen-bond acceptors (Lipinski definition) is 5. The third-order valence-electron chi connectivity index (χ3n) is 1.54. The average molecular weight is 215 g/mol. The van der Waals surface area contributed by atoms with E-state index >= 15 is 0 Å². The second-order valence-electron chi connectivity index (χ2n) is 2.72. The van der Waals surface area contributed by atoms with E-state index < -0.39 is 16.6 Å². The van der Waals surface area contributed by atoms with Crippen LogP contribution in [0.1, 0.15) is 6.92 Å². The number of rotatable bonds is 4. The van der Waals surface area contributed by atoms with Gasteiger partial charge in [-0.15, -0.1) is 4.68 Å². The molecule has 0 aliphatic heterocycles. The minimum absolute atomic E-state index is 0.0861. The first-order valence-corrected chi connectivity index (χ1v) is 4.06. The van der Waals surface area contributed by atoms with Crippen molar-refractivity contribution in [3.8, 4) is 0 Å². The molecule has 9 heteroatoms. The Morgan fingerprint density at radius 1 is 1.73 bits per heavy atom. The molecule has 0 saturated heterocycles. The second kappa shape index (κ2) is 4.35. The summed E-state index contributed by atoms with van der Waals surface area (Å²) in [5.41, 5.74) is -0.674. The maximum Gasteiger partial charge on any atom is 0.457 e. The van der Waals surface area contributed by atoms with Crippen molar-refractivity contribution in [2.24, 2.45) is 0 Å². The number of hydrogen-bond donors (Lipinski definition) is 2. The van der Waals surface area contributed by atoms with Crippen LogP contribution in [0.25, 0.3) is 0 Å². The number of amides is 1. The first-order chi connectivity index (χ1) is 7.00. The summed E-state index contributed by atoms with van der Waals surface area (Å²) in [6, 6.07) is 0. The molecule has 0 bridgehead atoms. The normalized spacial score (nSPS) is 9.93. The lowest BCUT2D eigenvalue weighted by Crippen LogP contribution is -2.28. The third kappa shape index (κ3) is 2.90. The van der Waals surface area contributed by atoms with Gasteiger partial charge in [-0.05, 0) is 4.92 Å². The van der Waals surface area contributed by atoms with E-state index in [0.717, 1.165) is 4.68 Å². The molecule has 1 aromatic heterocycles. The molecule has 1 heterocycles. The number of nitrogens with zero attached hydrogens (tertiary/aromatic N) is 3. The lowest BCUT2D eigenvalue weighted by molar-refractivity contribution is -0.394. The van der Waals surface area contributed by atoms with E-state index in [1.807, 2.05) is 4.98 Å². The fourth-order valence-electron chi connectivity index (χ4n) is 0.916. The van der Waals surface area contributed by atoms with Crippen molar-refractivity contribution in [2.75, 3.05) is 6.54 Å². The van der Waals surface area contributed by atoms with Gasteiger partial charge in [0.2, 0.25) is 5.91 Å². The monoisotopic (exact) mass is 215 g/mol. The molecule has 0 unspecified atom stereocenters. The highest BCUT2D eigenvalue weighted by molar-refractivity contribution is 5.72. The van der Waals surface area contributed by atoms with Crippen LogP contribution in [-0.2, 0) is 11.3 Å². The number of nitrogens with one attached hydrogen (secondary N) is 2. The number of carbonyl (C=O) groups is 1. The zero-order chi connectivity index (χ0) is 11.4. The molecule has 0 saturated carbocycles. The van der Waals surface area contributed by atoms with Crippen molar-refractivity contribution in [1.82, 2.24) is 20.1 Å². The Hall–Kier alpha value is -2.19.